The Morgan fingerprint density at radius 3 is 2.68 bits per heavy atom. The lowest BCUT2D eigenvalue weighted by Gasteiger charge is -2.30. The summed E-state index contributed by atoms with van der Waals surface area (Å²) in [6, 6.07) is 5.90. The van der Waals surface area contributed by atoms with Crippen LogP contribution in [0.4, 0.5) is 10.5 Å². The maximum Gasteiger partial charge on any atom is 0.321 e. The van der Waals surface area contributed by atoms with Gasteiger partial charge in [0.1, 0.15) is 0 Å². The lowest BCUT2D eigenvalue weighted by Crippen LogP contribution is -2.41. The summed E-state index contributed by atoms with van der Waals surface area (Å²) in [7, 11) is 0. The van der Waals surface area contributed by atoms with Crippen LogP contribution in [-0.4, -0.2) is 45.5 Å². The largest absolute Gasteiger partial charge is 0.396 e. The van der Waals surface area contributed by atoms with E-state index in [1.165, 1.54) is 0 Å². The van der Waals surface area contributed by atoms with Gasteiger partial charge in [-0.25, -0.2) is 4.79 Å². The van der Waals surface area contributed by atoms with Crippen molar-refractivity contribution in [3.63, 3.8) is 0 Å². The number of carbonyl (C=O) groups is 1. The number of rotatable bonds is 6. The molecule has 0 bridgehead atoms. The number of hydrogen-bond donors (Lipinski definition) is 2. The van der Waals surface area contributed by atoms with Gasteiger partial charge in [-0.05, 0) is 43.9 Å². The van der Waals surface area contributed by atoms with Crippen LogP contribution >= 0.6 is 0 Å². The van der Waals surface area contributed by atoms with Crippen LogP contribution in [0.5, 0.6) is 0 Å². The predicted molar refractivity (Wildman–Crippen MR) is 102 cm³/mol. The van der Waals surface area contributed by atoms with Crippen LogP contribution in [0.3, 0.4) is 0 Å². The van der Waals surface area contributed by atoms with Crippen molar-refractivity contribution < 1.29 is 9.90 Å². The van der Waals surface area contributed by atoms with Crippen molar-refractivity contribution >= 4 is 22.6 Å². The lowest BCUT2D eigenvalue weighted by atomic mass is 9.96. The molecular formula is C19H30N4O2. The van der Waals surface area contributed by atoms with E-state index >= 15 is 0 Å². The Morgan fingerprint density at radius 1 is 1.36 bits per heavy atom. The second-order valence-corrected chi connectivity index (χ2v) is 7.97. The number of benzene rings is 1. The maximum atomic E-state index is 12.7. The van der Waals surface area contributed by atoms with Crippen LogP contribution in [0.2, 0.25) is 0 Å². The number of nitrogens with one attached hydrogen (secondary N) is 1. The number of urea groups is 1. The highest BCUT2D eigenvalue weighted by atomic mass is 16.3. The van der Waals surface area contributed by atoms with E-state index in [0.29, 0.717) is 25.6 Å². The topological polar surface area (TPSA) is 70.4 Å². The van der Waals surface area contributed by atoms with Crippen LogP contribution in [-0.2, 0) is 0 Å². The zero-order valence-corrected chi connectivity index (χ0v) is 15.9. The molecule has 1 heterocycles. The zero-order chi connectivity index (χ0) is 18.6. The third-order valence-corrected chi connectivity index (χ3v) is 3.84. The highest BCUT2D eigenvalue weighted by molar-refractivity contribution is 5.92. The molecule has 6 heteroatoms. The molecule has 0 fully saturated rings. The van der Waals surface area contributed by atoms with Crippen molar-refractivity contribution in [2.75, 3.05) is 25.0 Å². The fourth-order valence-electron chi connectivity index (χ4n) is 2.68. The van der Waals surface area contributed by atoms with Gasteiger partial charge in [-0.2, -0.15) is 5.10 Å². The molecule has 0 aliphatic rings. The van der Waals surface area contributed by atoms with Crippen LogP contribution in [0.15, 0.2) is 24.4 Å². The van der Waals surface area contributed by atoms with Gasteiger partial charge in [0.2, 0.25) is 0 Å². The first-order chi connectivity index (χ1) is 11.7. The third kappa shape index (κ3) is 5.46. The molecule has 0 atom stereocenters. The Labute approximate surface area is 149 Å². The Balaban J connectivity index is 2.14. The van der Waals surface area contributed by atoms with E-state index in [0.717, 1.165) is 16.6 Å². The minimum Gasteiger partial charge on any atom is -0.396 e. The molecule has 0 saturated carbocycles. The first kappa shape index (κ1) is 19.2. The molecule has 1 aromatic carbocycles. The van der Waals surface area contributed by atoms with Gasteiger partial charge in [0.05, 0.1) is 5.52 Å². The Kier molecular flexibility index (Phi) is 6.06. The van der Waals surface area contributed by atoms with E-state index in [4.69, 9.17) is 5.11 Å². The number of aliphatic hydroxyl groups is 1. The fraction of sp³-hybridized carbons (Fsp3) is 0.579. The van der Waals surface area contributed by atoms with Crippen molar-refractivity contribution in [1.82, 2.24) is 14.7 Å². The molecule has 2 rings (SSSR count). The monoisotopic (exact) mass is 346 g/mol. The number of amides is 2. The molecule has 0 radical (unpaired) electrons. The molecule has 2 amide bonds. The van der Waals surface area contributed by atoms with Gasteiger partial charge < -0.3 is 15.3 Å². The normalized spacial score (nSPS) is 12.0. The van der Waals surface area contributed by atoms with Gasteiger partial charge in [-0.1, -0.05) is 20.8 Å². The highest BCUT2D eigenvalue weighted by Crippen LogP contribution is 2.21. The molecular weight excluding hydrogens is 316 g/mol. The van der Waals surface area contributed by atoms with E-state index in [1.54, 1.807) is 4.90 Å². The molecule has 1 aromatic heterocycles. The average Bonchev–Trinajstić information content (AvgIpc) is 2.93. The predicted octanol–water partition coefficient (Wildman–Crippen LogP) is 3.88. The number of fused-ring (bicyclic) bond motifs is 1. The first-order valence-corrected chi connectivity index (χ1v) is 8.85. The third-order valence-electron chi connectivity index (χ3n) is 3.84. The molecule has 2 N–H and O–H groups in total. The van der Waals surface area contributed by atoms with Crippen LogP contribution < -0.4 is 5.32 Å². The van der Waals surface area contributed by atoms with Crippen molar-refractivity contribution in [2.24, 2.45) is 5.41 Å². The minimum absolute atomic E-state index is 0.00481. The Bertz CT molecular complexity index is 716. The van der Waals surface area contributed by atoms with Gasteiger partial charge in [-0.3, -0.25) is 4.68 Å². The van der Waals surface area contributed by atoms with Crippen molar-refractivity contribution in [1.29, 1.82) is 0 Å². The average molecular weight is 346 g/mol. The number of aromatic nitrogens is 2. The minimum atomic E-state index is -0.140. The summed E-state index contributed by atoms with van der Waals surface area (Å²) in [5, 5.41) is 17.6. The molecule has 25 heavy (non-hydrogen) atoms. The van der Waals surface area contributed by atoms with Gasteiger partial charge in [0, 0.05) is 43.0 Å². The van der Waals surface area contributed by atoms with E-state index < -0.39 is 0 Å². The van der Waals surface area contributed by atoms with Crippen LogP contribution in [0, 0.1) is 5.41 Å². The first-order valence-electron chi connectivity index (χ1n) is 8.85. The van der Waals surface area contributed by atoms with Crippen molar-refractivity contribution in [2.45, 2.75) is 47.1 Å². The van der Waals surface area contributed by atoms with Crippen molar-refractivity contribution in [3.05, 3.63) is 24.4 Å². The maximum absolute atomic E-state index is 12.7. The summed E-state index contributed by atoms with van der Waals surface area (Å²) in [5.41, 5.74) is 1.66. The summed E-state index contributed by atoms with van der Waals surface area (Å²) in [6.45, 7) is 11.7. The van der Waals surface area contributed by atoms with Gasteiger partial charge in [-0.15, -0.1) is 0 Å². The number of aliphatic hydroxyl groups excluding tert-OH is 1. The van der Waals surface area contributed by atoms with Crippen LogP contribution in [0.1, 0.15) is 47.1 Å². The molecule has 0 aliphatic heterocycles. The molecule has 0 aliphatic carbocycles. The molecule has 0 unspecified atom stereocenters. The summed E-state index contributed by atoms with van der Waals surface area (Å²) in [6.07, 6.45) is 2.57. The van der Waals surface area contributed by atoms with E-state index in [9.17, 15) is 4.79 Å². The second-order valence-electron chi connectivity index (χ2n) is 7.97. The fourth-order valence-corrected chi connectivity index (χ4v) is 2.68. The number of anilines is 1. The summed E-state index contributed by atoms with van der Waals surface area (Å²) in [4.78, 5) is 14.4. The molecule has 138 valence electrons. The summed E-state index contributed by atoms with van der Waals surface area (Å²) < 4.78 is 1.92. The van der Waals surface area contributed by atoms with E-state index in [-0.39, 0.29) is 18.1 Å². The summed E-state index contributed by atoms with van der Waals surface area (Å²) in [5.74, 6) is 0. The Morgan fingerprint density at radius 2 is 2.08 bits per heavy atom. The number of nitrogens with zero attached hydrogens (tertiary/aromatic N) is 3. The molecule has 0 spiro atoms. The lowest BCUT2D eigenvalue weighted by molar-refractivity contribution is 0.176. The van der Waals surface area contributed by atoms with Gasteiger partial charge in [0.15, 0.2) is 0 Å². The summed E-state index contributed by atoms with van der Waals surface area (Å²) >= 11 is 0. The second kappa shape index (κ2) is 7.87. The van der Waals surface area contributed by atoms with Crippen molar-refractivity contribution in [3.8, 4) is 0 Å². The van der Waals surface area contributed by atoms with Gasteiger partial charge in [0.25, 0.3) is 0 Å². The van der Waals surface area contributed by atoms with Gasteiger partial charge >= 0.3 is 6.03 Å². The quantitative estimate of drug-likeness (QED) is 0.834. The molecule has 6 nitrogen and oxygen atoms in total. The van der Waals surface area contributed by atoms with Crippen LogP contribution in [0.25, 0.3) is 10.9 Å². The SMILES string of the molecule is CC(C)n1cc2cc(NC(=O)N(CCCO)CC(C)(C)C)ccc2n1. The Hall–Kier alpha value is -2.08. The number of carbonyl (C=O) groups excluding carboxylic acids is 1. The highest BCUT2D eigenvalue weighted by Gasteiger charge is 2.21. The zero-order valence-electron chi connectivity index (χ0n) is 15.9. The van der Waals surface area contributed by atoms with E-state index in [1.807, 2.05) is 29.1 Å². The molecule has 2 aromatic rings. The smallest absolute Gasteiger partial charge is 0.321 e. The standard InChI is InChI=1S/C19H30N4O2/c1-14(2)23-12-15-11-16(7-8-17(15)21-23)20-18(25)22(9-6-10-24)13-19(3,4)5/h7-8,11-12,14,24H,6,9-10,13H2,1-5H3,(H,20,25). The molecule has 0 saturated heterocycles. The number of hydrogen-bond acceptors (Lipinski definition) is 3. The van der Waals surface area contributed by atoms with E-state index in [2.05, 4.69) is 45.0 Å².